The van der Waals surface area contributed by atoms with Gasteiger partial charge in [-0.1, -0.05) is 24.3 Å². The van der Waals surface area contributed by atoms with Crippen LogP contribution in [-0.2, 0) is 16.2 Å². The molecular weight excluding hydrogens is 444 g/mol. The van der Waals surface area contributed by atoms with Gasteiger partial charge < -0.3 is 14.8 Å². The molecule has 0 aliphatic heterocycles. The van der Waals surface area contributed by atoms with Gasteiger partial charge in [0.1, 0.15) is 13.0 Å². The minimum atomic E-state index is -0.536. The van der Waals surface area contributed by atoms with Gasteiger partial charge in [-0.3, -0.25) is 9.59 Å². The molecule has 0 fully saturated rings. The standard InChI is InChI=1S/C27H26N4O4/c1-18-8-10-23(12-19(18)2)30-26(32)14-27(33)31-29-16-20-9-11-24(25(13-20)34-3)35-17-22-7-5-4-6-21(22)15-28/h4-13,16H,14,17H2,1-3H3,(H,30,32)(H,31,33). The molecule has 3 rings (SSSR count). The molecule has 178 valence electrons. The zero-order valence-electron chi connectivity index (χ0n) is 19.8. The number of rotatable bonds is 9. The summed E-state index contributed by atoms with van der Waals surface area (Å²) < 4.78 is 11.2. The number of methoxy groups -OCH3 is 1. The number of hydrogen-bond acceptors (Lipinski definition) is 6. The summed E-state index contributed by atoms with van der Waals surface area (Å²) in [5.74, 6) is 0.0136. The molecule has 0 aromatic heterocycles. The SMILES string of the molecule is COc1cc(C=NNC(=O)CC(=O)Nc2ccc(C)c(C)c2)ccc1OCc1ccccc1C#N. The van der Waals surface area contributed by atoms with Crippen LogP contribution in [0.3, 0.4) is 0 Å². The molecule has 0 aliphatic rings. The molecule has 3 aromatic carbocycles. The summed E-state index contributed by atoms with van der Waals surface area (Å²) in [7, 11) is 1.52. The third-order valence-electron chi connectivity index (χ3n) is 5.22. The molecule has 8 heteroatoms. The van der Waals surface area contributed by atoms with Crippen LogP contribution < -0.4 is 20.2 Å². The van der Waals surface area contributed by atoms with Gasteiger partial charge in [0.2, 0.25) is 11.8 Å². The van der Waals surface area contributed by atoms with Gasteiger partial charge in [-0.25, -0.2) is 5.43 Å². The van der Waals surface area contributed by atoms with Crippen LogP contribution in [0.2, 0.25) is 0 Å². The maximum atomic E-state index is 12.1. The summed E-state index contributed by atoms with van der Waals surface area (Å²) in [6.45, 7) is 4.15. The lowest BCUT2D eigenvalue weighted by Crippen LogP contribution is -2.24. The van der Waals surface area contributed by atoms with Gasteiger partial charge in [-0.05, 0) is 66.9 Å². The smallest absolute Gasteiger partial charge is 0.249 e. The van der Waals surface area contributed by atoms with Gasteiger partial charge in [0, 0.05) is 11.3 Å². The summed E-state index contributed by atoms with van der Waals surface area (Å²) in [5, 5.41) is 15.8. The summed E-state index contributed by atoms with van der Waals surface area (Å²) in [6.07, 6.45) is 1.08. The molecule has 0 unspecified atom stereocenters. The second kappa shape index (κ2) is 12.0. The van der Waals surface area contributed by atoms with Crippen molar-refractivity contribution in [3.05, 3.63) is 88.5 Å². The van der Waals surface area contributed by atoms with E-state index in [0.717, 1.165) is 16.7 Å². The number of nitrogens with one attached hydrogen (secondary N) is 2. The van der Waals surface area contributed by atoms with Gasteiger partial charge in [0.05, 0.1) is 25.0 Å². The van der Waals surface area contributed by atoms with Crippen LogP contribution in [-0.4, -0.2) is 25.1 Å². The Morgan fingerprint density at radius 2 is 1.80 bits per heavy atom. The molecule has 2 N–H and O–H groups in total. The van der Waals surface area contributed by atoms with Crippen molar-refractivity contribution in [3.8, 4) is 17.6 Å². The zero-order valence-corrected chi connectivity index (χ0v) is 19.8. The van der Waals surface area contributed by atoms with Crippen molar-refractivity contribution in [1.82, 2.24) is 5.43 Å². The number of nitriles is 1. The first-order valence-electron chi connectivity index (χ1n) is 10.9. The van der Waals surface area contributed by atoms with E-state index in [4.69, 9.17) is 9.47 Å². The maximum absolute atomic E-state index is 12.1. The first-order chi connectivity index (χ1) is 16.9. The highest BCUT2D eigenvalue weighted by Gasteiger charge is 2.10. The quantitative estimate of drug-likeness (QED) is 0.276. The van der Waals surface area contributed by atoms with E-state index in [1.807, 2.05) is 38.1 Å². The Morgan fingerprint density at radius 3 is 2.54 bits per heavy atom. The van der Waals surface area contributed by atoms with Crippen molar-refractivity contribution in [3.63, 3.8) is 0 Å². The van der Waals surface area contributed by atoms with E-state index in [2.05, 4.69) is 21.9 Å². The Kier molecular flexibility index (Phi) is 8.57. The number of hydrogen-bond donors (Lipinski definition) is 2. The topological polar surface area (TPSA) is 113 Å². The number of nitrogens with zero attached hydrogens (tertiary/aromatic N) is 2. The van der Waals surface area contributed by atoms with E-state index >= 15 is 0 Å². The van der Waals surface area contributed by atoms with Crippen LogP contribution in [0.1, 0.15) is 34.2 Å². The highest BCUT2D eigenvalue weighted by atomic mass is 16.5. The second-order valence-electron chi connectivity index (χ2n) is 7.79. The molecule has 0 aliphatic carbocycles. The van der Waals surface area contributed by atoms with Gasteiger partial charge in [-0.15, -0.1) is 0 Å². The average molecular weight is 471 g/mol. The van der Waals surface area contributed by atoms with Crippen LogP contribution in [0.4, 0.5) is 5.69 Å². The van der Waals surface area contributed by atoms with Crippen molar-refractivity contribution >= 4 is 23.7 Å². The number of amides is 2. The number of ether oxygens (including phenoxy) is 2. The molecule has 0 saturated carbocycles. The lowest BCUT2D eigenvalue weighted by molar-refractivity contribution is -0.126. The fourth-order valence-corrected chi connectivity index (χ4v) is 3.18. The lowest BCUT2D eigenvalue weighted by atomic mass is 10.1. The Labute approximate surface area is 204 Å². The van der Waals surface area contributed by atoms with Crippen molar-refractivity contribution in [1.29, 1.82) is 5.26 Å². The van der Waals surface area contributed by atoms with Crippen LogP contribution in [0, 0.1) is 25.2 Å². The number of carbonyl (C=O) groups excluding carboxylic acids is 2. The van der Waals surface area contributed by atoms with E-state index in [1.165, 1.54) is 13.3 Å². The highest BCUT2D eigenvalue weighted by Crippen LogP contribution is 2.28. The van der Waals surface area contributed by atoms with E-state index in [1.54, 1.807) is 36.4 Å². The molecule has 0 heterocycles. The third-order valence-corrected chi connectivity index (χ3v) is 5.22. The van der Waals surface area contributed by atoms with E-state index in [9.17, 15) is 14.9 Å². The average Bonchev–Trinajstić information content (AvgIpc) is 2.85. The minimum absolute atomic E-state index is 0.216. The Bertz CT molecular complexity index is 1290. The van der Waals surface area contributed by atoms with Crippen molar-refractivity contribution in [2.75, 3.05) is 12.4 Å². The third kappa shape index (κ3) is 7.17. The molecule has 0 radical (unpaired) electrons. The van der Waals surface area contributed by atoms with Crippen LogP contribution in [0.25, 0.3) is 0 Å². The monoisotopic (exact) mass is 470 g/mol. The van der Waals surface area contributed by atoms with Crippen molar-refractivity contribution in [2.45, 2.75) is 26.9 Å². The first-order valence-corrected chi connectivity index (χ1v) is 10.9. The molecule has 35 heavy (non-hydrogen) atoms. The Hall–Kier alpha value is -4.64. The summed E-state index contributed by atoms with van der Waals surface area (Å²) in [5.41, 5.74) is 7.14. The minimum Gasteiger partial charge on any atom is -0.493 e. The molecule has 3 aromatic rings. The predicted octanol–water partition coefficient (Wildman–Crippen LogP) is 4.24. The van der Waals surface area contributed by atoms with Crippen molar-refractivity contribution in [2.24, 2.45) is 5.10 Å². The van der Waals surface area contributed by atoms with Crippen LogP contribution in [0.5, 0.6) is 11.5 Å². The van der Waals surface area contributed by atoms with Crippen molar-refractivity contribution < 1.29 is 19.1 Å². The lowest BCUT2D eigenvalue weighted by Gasteiger charge is -2.12. The highest BCUT2D eigenvalue weighted by molar-refractivity contribution is 6.03. The number of benzene rings is 3. The van der Waals surface area contributed by atoms with Gasteiger partial charge in [0.25, 0.3) is 0 Å². The van der Waals surface area contributed by atoms with E-state index < -0.39 is 11.8 Å². The summed E-state index contributed by atoms with van der Waals surface area (Å²) >= 11 is 0. The van der Waals surface area contributed by atoms with Crippen LogP contribution >= 0.6 is 0 Å². The number of carbonyl (C=O) groups is 2. The molecular formula is C27H26N4O4. The fraction of sp³-hybridized carbons (Fsp3) is 0.185. The summed E-state index contributed by atoms with van der Waals surface area (Å²) in [4.78, 5) is 24.2. The van der Waals surface area contributed by atoms with E-state index in [-0.39, 0.29) is 13.0 Å². The van der Waals surface area contributed by atoms with Gasteiger partial charge in [0.15, 0.2) is 11.5 Å². The first kappa shape index (κ1) is 25.0. The molecule has 0 saturated heterocycles. The molecule has 2 amide bonds. The van der Waals surface area contributed by atoms with Gasteiger partial charge in [-0.2, -0.15) is 10.4 Å². The molecule has 8 nitrogen and oxygen atoms in total. The number of hydrazone groups is 1. The molecule has 0 bridgehead atoms. The Balaban J connectivity index is 1.53. The Morgan fingerprint density at radius 1 is 1.00 bits per heavy atom. The van der Waals surface area contributed by atoms with Crippen LogP contribution in [0.15, 0.2) is 65.8 Å². The largest absolute Gasteiger partial charge is 0.493 e. The molecule has 0 atom stereocenters. The molecule has 0 spiro atoms. The normalized spacial score (nSPS) is 10.5. The van der Waals surface area contributed by atoms with Gasteiger partial charge >= 0.3 is 0 Å². The zero-order chi connectivity index (χ0) is 25.2. The summed E-state index contributed by atoms with van der Waals surface area (Å²) in [6, 6.07) is 20.1. The van der Waals surface area contributed by atoms with E-state index in [0.29, 0.717) is 28.3 Å². The second-order valence-corrected chi connectivity index (χ2v) is 7.79. The maximum Gasteiger partial charge on any atom is 0.249 e. The fourth-order valence-electron chi connectivity index (χ4n) is 3.18. The predicted molar refractivity (Wildman–Crippen MR) is 133 cm³/mol. The number of aryl methyl sites for hydroxylation is 2. The number of anilines is 1.